The van der Waals surface area contributed by atoms with Crippen molar-refractivity contribution < 1.29 is 14.3 Å². The largest absolute Gasteiger partial charge is 0.496 e. The highest BCUT2D eigenvalue weighted by Crippen LogP contribution is 2.45. The molecule has 0 aliphatic carbocycles. The number of rotatable bonds is 4. The predicted molar refractivity (Wildman–Crippen MR) is 110 cm³/mol. The smallest absolute Gasteiger partial charge is 0.251 e. The van der Waals surface area contributed by atoms with Crippen LogP contribution in [-0.4, -0.2) is 53.3 Å². The number of likely N-dealkylation sites (tertiary alicyclic amines) is 1. The molecule has 3 heterocycles. The average molecular weight is 416 g/mol. The topological polar surface area (TPSA) is 84.5 Å². The van der Waals surface area contributed by atoms with Crippen LogP contribution in [0.5, 0.6) is 5.75 Å². The normalized spacial score (nSPS) is 17.8. The van der Waals surface area contributed by atoms with E-state index in [1.165, 1.54) is 23.4 Å². The van der Waals surface area contributed by atoms with Gasteiger partial charge >= 0.3 is 0 Å². The Morgan fingerprint density at radius 1 is 1.38 bits per heavy atom. The zero-order valence-electron chi connectivity index (χ0n) is 16.7. The minimum Gasteiger partial charge on any atom is -0.496 e. The number of nitrogens with one attached hydrogen (secondary N) is 1. The van der Waals surface area contributed by atoms with Gasteiger partial charge in [-0.2, -0.15) is 0 Å². The SMILES string of the molecule is COc1cccc2c1C1(CCN(C(=O)CSc3nc(C)cc(=O)[nH]3)CC1)OCC2. The van der Waals surface area contributed by atoms with E-state index < -0.39 is 0 Å². The van der Waals surface area contributed by atoms with E-state index in [4.69, 9.17) is 9.47 Å². The van der Waals surface area contributed by atoms with Crippen LogP contribution in [0.4, 0.5) is 0 Å². The molecule has 2 aliphatic rings. The number of hydrogen-bond donors (Lipinski definition) is 1. The first-order valence-electron chi connectivity index (χ1n) is 9.80. The second-order valence-electron chi connectivity index (χ2n) is 7.45. The predicted octanol–water partition coefficient (Wildman–Crippen LogP) is 2.27. The Morgan fingerprint density at radius 2 is 2.17 bits per heavy atom. The lowest BCUT2D eigenvalue weighted by molar-refractivity contribution is -0.138. The monoisotopic (exact) mass is 415 g/mol. The molecule has 2 aliphatic heterocycles. The van der Waals surface area contributed by atoms with E-state index in [2.05, 4.69) is 16.0 Å². The number of hydrogen-bond acceptors (Lipinski definition) is 6. The van der Waals surface area contributed by atoms with E-state index in [1.54, 1.807) is 14.0 Å². The Bertz CT molecular complexity index is 952. The Hall–Kier alpha value is -2.32. The number of amides is 1. The molecule has 1 aromatic carbocycles. The molecule has 1 spiro atoms. The average Bonchev–Trinajstić information content (AvgIpc) is 2.72. The van der Waals surface area contributed by atoms with Crippen molar-refractivity contribution >= 4 is 17.7 Å². The van der Waals surface area contributed by atoms with Gasteiger partial charge in [-0.05, 0) is 37.8 Å². The van der Waals surface area contributed by atoms with E-state index in [-0.39, 0.29) is 22.8 Å². The number of fused-ring (bicyclic) bond motifs is 2. The van der Waals surface area contributed by atoms with Crippen LogP contribution in [0, 0.1) is 6.92 Å². The van der Waals surface area contributed by atoms with Gasteiger partial charge in [-0.1, -0.05) is 23.9 Å². The van der Waals surface area contributed by atoms with Crippen LogP contribution >= 0.6 is 11.8 Å². The van der Waals surface area contributed by atoms with Crippen molar-refractivity contribution in [3.63, 3.8) is 0 Å². The first-order valence-corrected chi connectivity index (χ1v) is 10.8. The van der Waals surface area contributed by atoms with E-state index in [1.807, 2.05) is 17.0 Å². The molecular formula is C21H25N3O4S. The van der Waals surface area contributed by atoms with Crippen LogP contribution in [0.15, 0.2) is 34.2 Å². The van der Waals surface area contributed by atoms with Gasteiger partial charge in [-0.3, -0.25) is 9.59 Å². The van der Waals surface area contributed by atoms with E-state index in [0.717, 1.165) is 30.6 Å². The number of thioether (sulfide) groups is 1. The molecule has 1 saturated heterocycles. The summed E-state index contributed by atoms with van der Waals surface area (Å²) >= 11 is 1.26. The molecule has 1 amide bonds. The van der Waals surface area contributed by atoms with Crippen molar-refractivity contribution in [2.45, 2.75) is 36.9 Å². The van der Waals surface area contributed by atoms with Crippen molar-refractivity contribution in [3.05, 3.63) is 51.4 Å². The van der Waals surface area contributed by atoms with Gasteiger partial charge in [0.15, 0.2) is 5.16 Å². The summed E-state index contributed by atoms with van der Waals surface area (Å²) < 4.78 is 11.9. The summed E-state index contributed by atoms with van der Waals surface area (Å²) in [5.74, 6) is 1.16. The van der Waals surface area contributed by atoms with Crippen LogP contribution in [0.3, 0.4) is 0 Å². The molecule has 2 aromatic rings. The molecule has 29 heavy (non-hydrogen) atoms. The Balaban J connectivity index is 1.42. The maximum atomic E-state index is 12.7. The number of ether oxygens (including phenoxy) is 2. The Morgan fingerprint density at radius 3 is 2.90 bits per heavy atom. The van der Waals surface area contributed by atoms with E-state index in [0.29, 0.717) is 30.5 Å². The summed E-state index contributed by atoms with van der Waals surface area (Å²) in [6.07, 6.45) is 2.38. The molecule has 0 radical (unpaired) electrons. The van der Waals surface area contributed by atoms with Crippen LogP contribution in [0.2, 0.25) is 0 Å². The second kappa shape index (κ2) is 8.20. The van der Waals surface area contributed by atoms with E-state index in [9.17, 15) is 9.59 Å². The van der Waals surface area contributed by atoms with Crippen molar-refractivity contribution in [1.29, 1.82) is 0 Å². The van der Waals surface area contributed by atoms with Gasteiger partial charge in [0.2, 0.25) is 5.91 Å². The fourth-order valence-corrected chi connectivity index (χ4v) is 5.08. The summed E-state index contributed by atoms with van der Waals surface area (Å²) in [5, 5.41) is 0.478. The number of H-pyrrole nitrogens is 1. The lowest BCUT2D eigenvalue weighted by Crippen LogP contribution is -2.49. The maximum Gasteiger partial charge on any atom is 0.251 e. The number of carbonyl (C=O) groups excluding carboxylic acids is 1. The Labute approximate surface area is 173 Å². The van der Waals surface area contributed by atoms with Gasteiger partial charge in [0.1, 0.15) is 11.4 Å². The Kier molecular flexibility index (Phi) is 5.65. The van der Waals surface area contributed by atoms with Crippen LogP contribution in [-0.2, 0) is 21.6 Å². The second-order valence-corrected chi connectivity index (χ2v) is 8.41. The lowest BCUT2D eigenvalue weighted by atomic mass is 9.79. The standard InChI is InChI=1S/C21H25N3O4S/c1-14-12-17(25)23-20(22-14)29-13-18(26)24-9-7-21(8-10-24)19-15(6-11-28-21)4-3-5-16(19)27-2/h3-5,12H,6-11,13H2,1-2H3,(H,22,23,25). The van der Waals surface area contributed by atoms with Gasteiger partial charge in [0.05, 0.1) is 19.5 Å². The summed E-state index contributed by atoms with van der Waals surface area (Å²) in [7, 11) is 1.69. The summed E-state index contributed by atoms with van der Waals surface area (Å²) in [5.41, 5.74) is 2.49. The lowest BCUT2D eigenvalue weighted by Gasteiger charge is -2.45. The minimum absolute atomic E-state index is 0.0464. The molecule has 8 heteroatoms. The fraction of sp³-hybridized carbons (Fsp3) is 0.476. The highest BCUT2D eigenvalue weighted by Gasteiger charge is 2.43. The number of methoxy groups -OCH3 is 1. The number of carbonyl (C=O) groups is 1. The molecule has 1 N–H and O–H groups in total. The van der Waals surface area contributed by atoms with Crippen LogP contribution in [0.25, 0.3) is 0 Å². The molecule has 0 atom stereocenters. The van der Waals surface area contributed by atoms with Crippen molar-refractivity contribution in [2.24, 2.45) is 0 Å². The third-order valence-corrected chi connectivity index (χ3v) is 6.50. The summed E-state index contributed by atoms with van der Waals surface area (Å²) in [4.78, 5) is 33.1. The number of nitrogens with zero attached hydrogens (tertiary/aromatic N) is 2. The molecule has 4 rings (SSSR count). The van der Waals surface area contributed by atoms with Crippen molar-refractivity contribution in [2.75, 3.05) is 32.6 Å². The third-order valence-electron chi connectivity index (χ3n) is 5.64. The summed E-state index contributed by atoms with van der Waals surface area (Å²) in [6, 6.07) is 7.59. The summed E-state index contributed by atoms with van der Waals surface area (Å²) in [6.45, 7) is 3.72. The zero-order valence-corrected chi connectivity index (χ0v) is 17.5. The number of aryl methyl sites for hydroxylation is 1. The van der Waals surface area contributed by atoms with Crippen LogP contribution < -0.4 is 10.3 Å². The van der Waals surface area contributed by atoms with Gasteiger partial charge < -0.3 is 19.4 Å². The van der Waals surface area contributed by atoms with Gasteiger partial charge in [0.25, 0.3) is 5.56 Å². The van der Waals surface area contributed by atoms with E-state index >= 15 is 0 Å². The highest BCUT2D eigenvalue weighted by atomic mass is 32.2. The number of piperidine rings is 1. The molecular weight excluding hydrogens is 390 g/mol. The highest BCUT2D eigenvalue weighted by molar-refractivity contribution is 7.99. The minimum atomic E-state index is -0.382. The molecule has 1 fully saturated rings. The maximum absolute atomic E-state index is 12.7. The number of aromatic amines is 1. The van der Waals surface area contributed by atoms with Crippen LogP contribution in [0.1, 0.15) is 29.7 Å². The van der Waals surface area contributed by atoms with Gasteiger partial charge in [-0.25, -0.2) is 4.98 Å². The van der Waals surface area contributed by atoms with Gasteiger partial charge in [0, 0.05) is 30.4 Å². The molecule has 0 unspecified atom stereocenters. The molecule has 1 aromatic heterocycles. The molecule has 154 valence electrons. The molecule has 0 bridgehead atoms. The van der Waals surface area contributed by atoms with Crippen molar-refractivity contribution in [3.8, 4) is 5.75 Å². The molecule has 0 saturated carbocycles. The fourth-order valence-electron chi connectivity index (χ4n) is 4.25. The molecule has 7 nitrogen and oxygen atoms in total. The third kappa shape index (κ3) is 4.04. The zero-order chi connectivity index (χ0) is 20.4. The number of benzene rings is 1. The van der Waals surface area contributed by atoms with Gasteiger partial charge in [-0.15, -0.1) is 0 Å². The first-order chi connectivity index (χ1) is 14.0. The number of aromatic nitrogens is 2. The van der Waals surface area contributed by atoms with Crippen molar-refractivity contribution in [1.82, 2.24) is 14.9 Å². The first kappa shape index (κ1) is 20.0. The quantitative estimate of drug-likeness (QED) is 0.609.